The third kappa shape index (κ3) is 3.42. The number of rotatable bonds is 4. The van der Waals surface area contributed by atoms with Crippen molar-refractivity contribution in [3.63, 3.8) is 0 Å². The van der Waals surface area contributed by atoms with Gasteiger partial charge in [0.1, 0.15) is 12.4 Å². The van der Waals surface area contributed by atoms with E-state index in [0.717, 1.165) is 21.2 Å². The molecule has 0 aliphatic heterocycles. The van der Waals surface area contributed by atoms with E-state index in [4.69, 9.17) is 16.3 Å². The average molecular weight is 265 g/mol. The SMILES string of the molecule is CSc1ccc(OCc2ccccc2)cc1Cl. The van der Waals surface area contributed by atoms with Crippen molar-refractivity contribution in [1.82, 2.24) is 0 Å². The van der Waals surface area contributed by atoms with Gasteiger partial charge in [-0.05, 0) is 30.0 Å². The fourth-order valence-corrected chi connectivity index (χ4v) is 2.34. The maximum Gasteiger partial charge on any atom is 0.121 e. The molecule has 0 bridgehead atoms. The van der Waals surface area contributed by atoms with Crippen LogP contribution in [-0.2, 0) is 6.61 Å². The number of ether oxygens (including phenoxy) is 1. The molecule has 0 spiro atoms. The monoisotopic (exact) mass is 264 g/mol. The predicted octanol–water partition coefficient (Wildman–Crippen LogP) is 4.64. The first-order valence-electron chi connectivity index (χ1n) is 5.30. The average Bonchev–Trinajstić information content (AvgIpc) is 2.38. The lowest BCUT2D eigenvalue weighted by molar-refractivity contribution is 0.306. The summed E-state index contributed by atoms with van der Waals surface area (Å²) in [5, 5.41) is 0.739. The third-order valence-corrected chi connectivity index (χ3v) is 3.59. The summed E-state index contributed by atoms with van der Waals surface area (Å²) in [5.74, 6) is 0.802. The number of halogens is 1. The zero-order valence-corrected chi connectivity index (χ0v) is 11.1. The Hall–Kier alpha value is -1.12. The van der Waals surface area contributed by atoms with Crippen LogP contribution in [0.2, 0.25) is 5.02 Å². The van der Waals surface area contributed by atoms with Gasteiger partial charge in [0, 0.05) is 4.90 Å². The first-order chi connectivity index (χ1) is 8.29. The molecule has 0 aliphatic carbocycles. The zero-order chi connectivity index (χ0) is 12.1. The largest absolute Gasteiger partial charge is 0.489 e. The summed E-state index contributed by atoms with van der Waals surface area (Å²) >= 11 is 7.74. The first kappa shape index (κ1) is 12.3. The van der Waals surface area contributed by atoms with Crippen molar-refractivity contribution >= 4 is 23.4 Å². The molecular weight excluding hydrogens is 252 g/mol. The van der Waals surface area contributed by atoms with Crippen LogP contribution >= 0.6 is 23.4 Å². The van der Waals surface area contributed by atoms with Gasteiger partial charge in [-0.3, -0.25) is 0 Å². The molecule has 2 rings (SSSR count). The van der Waals surface area contributed by atoms with E-state index >= 15 is 0 Å². The maximum absolute atomic E-state index is 6.11. The molecular formula is C14H13ClOS. The van der Waals surface area contributed by atoms with Gasteiger partial charge in [0.25, 0.3) is 0 Å². The molecule has 2 aromatic rings. The molecule has 0 heterocycles. The lowest BCUT2D eigenvalue weighted by Gasteiger charge is -2.08. The Bertz CT molecular complexity index is 485. The van der Waals surface area contributed by atoms with E-state index in [-0.39, 0.29) is 0 Å². The molecule has 0 saturated heterocycles. The van der Waals surface area contributed by atoms with Crippen molar-refractivity contribution in [2.45, 2.75) is 11.5 Å². The second-order valence-electron chi connectivity index (χ2n) is 3.57. The normalized spacial score (nSPS) is 10.2. The molecule has 0 radical (unpaired) electrons. The van der Waals surface area contributed by atoms with Gasteiger partial charge in [-0.1, -0.05) is 41.9 Å². The Morgan fingerprint density at radius 2 is 1.88 bits per heavy atom. The van der Waals surface area contributed by atoms with Crippen LogP contribution in [0.25, 0.3) is 0 Å². The molecule has 0 aliphatic rings. The van der Waals surface area contributed by atoms with Crippen molar-refractivity contribution in [3.8, 4) is 5.75 Å². The van der Waals surface area contributed by atoms with E-state index in [9.17, 15) is 0 Å². The fraction of sp³-hybridized carbons (Fsp3) is 0.143. The van der Waals surface area contributed by atoms with Crippen LogP contribution in [0.15, 0.2) is 53.4 Å². The van der Waals surface area contributed by atoms with E-state index in [1.54, 1.807) is 11.8 Å². The third-order valence-electron chi connectivity index (χ3n) is 2.37. The molecule has 0 saturated carbocycles. The highest BCUT2D eigenvalue weighted by molar-refractivity contribution is 7.98. The number of hydrogen-bond acceptors (Lipinski definition) is 2. The quantitative estimate of drug-likeness (QED) is 0.744. The zero-order valence-electron chi connectivity index (χ0n) is 9.52. The van der Waals surface area contributed by atoms with E-state index < -0.39 is 0 Å². The van der Waals surface area contributed by atoms with Crippen molar-refractivity contribution < 1.29 is 4.74 Å². The summed E-state index contributed by atoms with van der Waals surface area (Å²) in [7, 11) is 0. The van der Waals surface area contributed by atoms with Crippen molar-refractivity contribution in [1.29, 1.82) is 0 Å². The molecule has 17 heavy (non-hydrogen) atoms. The Balaban J connectivity index is 2.02. The second-order valence-corrected chi connectivity index (χ2v) is 4.83. The Kier molecular flexibility index (Phi) is 4.35. The van der Waals surface area contributed by atoms with Gasteiger partial charge >= 0.3 is 0 Å². The lowest BCUT2D eigenvalue weighted by Crippen LogP contribution is -1.94. The van der Waals surface area contributed by atoms with Crippen molar-refractivity contribution in [2.24, 2.45) is 0 Å². The fourth-order valence-electron chi connectivity index (χ4n) is 1.48. The Morgan fingerprint density at radius 3 is 2.53 bits per heavy atom. The van der Waals surface area contributed by atoms with Gasteiger partial charge < -0.3 is 4.74 Å². The smallest absolute Gasteiger partial charge is 0.121 e. The molecule has 0 amide bonds. The van der Waals surface area contributed by atoms with Crippen LogP contribution < -0.4 is 4.74 Å². The van der Waals surface area contributed by atoms with Gasteiger partial charge in [0.2, 0.25) is 0 Å². The van der Waals surface area contributed by atoms with Crippen LogP contribution in [-0.4, -0.2) is 6.26 Å². The van der Waals surface area contributed by atoms with Crippen LogP contribution in [0.5, 0.6) is 5.75 Å². The molecule has 0 aromatic heterocycles. The summed E-state index contributed by atoms with van der Waals surface area (Å²) < 4.78 is 5.68. The number of thioether (sulfide) groups is 1. The molecule has 3 heteroatoms. The summed E-state index contributed by atoms with van der Waals surface area (Å²) in [6, 6.07) is 15.9. The molecule has 0 N–H and O–H groups in total. The summed E-state index contributed by atoms with van der Waals surface area (Å²) in [4.78, 5) is 1.07. The minimum atomic E-state index is 0.565. The lowest BCUT2D eigenvalue weighted by atomic mass is 10.2. The van der Waals surface area contributed by atoms with Gasteiger partial charge in [-0.2, -0.15) is 0 Å². The number of benzene rings is 2. The summed E-state index contributed by atoms with van der Waals surface area (Å²) in [6.45, 7) is 0.565. The highest BCUT2D eigenvalue weighted by Crippen LogP contribution is 2.29. The Labute approximate surface area is 111 Å². The van der Waals surface area contributed by atoms with E-state index in [1.165, 1.54) is 0 Å². The number of hydrogen-bond donors (Lipinski definition) is 0. The van der Waals surface area contributed by atoms with Crippen molar-refractivity contribution in [2.75, 3.05) is 6.26 Å². The molecule has 0 atom stereocenters. The Morgan fingerprint density at radius 1 is 1.12 bits per heavy atom. The van der Waals surface area contributed by atoms with Crippen LogP contribution in [0.3, 0.4) is 0 Å². The molecule has 0 fully saturated rings. The van der Waals surface area contributed by atoms with Gasteiger partial charge in [-0.25, -0.2) is 0 Å². The van der Waals surface area contributed by atoms with Gasteiger partial charge in [-0.15, -0.1) is 11.8 Å². The highest BCUT2D eigenvalue weighted by Gasteiger charge is 2.01. The summed E-state index contributed by atoms with van der Waals surface area (Å²) in [6.07, 6.45) is 2.01. The molecule has 0 unspecified atom stereocenters. The van der Waals surface area contributed by atoms with Gasteiger partial charge in [0.05, 0.1) is 5.02 Å². The van der Waals surface area contributed by atoms with Crippen LogP contribution in [0.4, 0.5) is 0 Å². The van der Waals surface area contributed by atoms with Crippen molar-refractivity contribution in [3.05, 3.63) is 59.1 Å². The summed E-state index contributed by atoms with van der Waals surface area (Å²) in [5.41, 5.74) is 1.15. The van der Waals surface area contributed by atoms with E-state index in [1.807, 2.05) is 54.8 Å². The van der Waals surface area contributed by atoms with Crippen LogP contribution in [0.1, 0.15) is 5.56 Å². The first-order valence-corrected chi connectivity index (χ1v) is 6.90. The standard InChI is InChI=1S/C14H13ClOS/c1-17-14-8-7-12(9-13(14)15)16-10-11-5-3-2-4-6-11/h2-9H,10H2,1H3. The topological polar surface area (TPSA) is 9.23 Å². The molecule has 1 nitrogen and oxygen atoms in total. The minimum Gasteiger partial charge on any atom is -0.489 e. The molecule has 88 valence electrons. The minimum absolute atomic E-state index is 0.565. The second kappa shape index (κ2) is 5.99. The maximum atomic E-state index is 6.11. The highest BCUT2D eigenvalue weighted by atomic mass is 35.5. The van der Waals surface area contributed by atoms with E-state index in [2.05, 4.69) is 0 Å². The molecule has 2 aromatic carbocycles. The predicted molar refractivity (Wildman–Crippen MR) is 74.0 cm³/mol. The van der Waals surface area contributed by atoms with Crippen LogP contribution in [0, 0.1) is 0 Å². The van der Waals surface area contributed by atoms with E-state index in [0.29, 0.717) is 6.61 Å². The van der Waals surface area contributed by atoms with Gasteiger partial charge in [0.15, 0.2) is 0 Å².